The molecule has 0 atom stereocenters. The van der Waals surface area contributed by atoms with Crippen molar-refractivity contribution in [2.75, 3.05) is 0 Å². The monoisotopic (exact) mass is 210 g/mol. The molecule has 1 saturated carbocycles. The van der Waals surface area contributed by atoms with Crippen LogP contribution in [0, 0.1) is 0 Å². The number of halogens is 1. The number of carbonyl (C=O) groups is 1. The van der Waals surface area contributed by atoms with Gasteiger partial charge in [-0.15, -0.1) is 0 Å². The van der Waals surface area contributed by atoms with E-state index < -0.39 is 5.97 Å². The molecule has 2 rings (SSSR count). The zero-order chi connectivity index (χ0) is 10.1. The van der Waals surface area contributed by atoms with E-state index in [4.69, 9.17) is 16.7 Å². The highest BCUT2D eigenvalue weighted by Crippen LogP contribution is 2.44. The summed E-state index contributed by atoms with van der Waals surface area (Å²) in [5, 5.41) is 9.46. The fourth-order valence-electron chi connectivity index (χ4n) is 1.73. The Hall–Kier alpha value is -1.02. The second-order valence-corrected chi connectivity index (χ2v) is 4.06. The summed E-state index contributed by atoms with van der Waals surface area (Å²) in [6, 6.07) is 5.50. The lowest BCUT2D eigenvalue weighted by molar-refractivity contribution is -0.136. The van der Waals surface area contributed by atoms with Gasteiger partial charge < -0.3 is 5.11 Å². The molecule has 74 valence electrons. The van der Waals surface area contributed by atoms with Crippen molar-refractivity contribution in [3.8, 4) is 0 Å². The van der Waals surface area contributed by atoms with Gasteiger partial charge in [0.1, 0.15) is 0 Å². The number of hydrogen-bond donors (Lipinski definition) is 1. The molecule has 0 amide bonds. The maximum atomic E-state index is 10.6. The normalized spacial score (nSPS) is 15.5. The first-order valence-electron chi connectivity index (χ1n) is 4.67. The Balaban J connectivity index is 2.36. The number of hydrogen-bond acceptors (Lipinski definition) is 1. The van der Waals surface area contributed by atoms with E-state index in [2.05, 4.69) is 0 Å². The minimum atomic E-state index is -0.797. The van der Waals surface area contributed by atoms with Gasteiger partial charge in [0.2, 0.25) is 0 Å². The zero-order valence-electron chi connectivity index (χ0n) is 7.66. The molecule has 1 fully saturated rings. The van der Waals surface area contributed by atoms with Crippen LogP contribution in [-0.4, -0.2) is 11.1 Å². The standard InChI is InChI=1S/C11H11ClO2/c12-9-3-1-2-8(6-10(13)14)11(9)7-4-5-7/h1-3,7H,4-6H2,(H,13,14). The molecule has 0 radical (unpaired) electrons. The van der Waals surface area contributed by atoms with Crippen molar-refractivity contribution in [1.29, 1.82) is 0 Å². The summed E-state index contributed by atoms with van der Waals surface area (Å²) in [4.78, 5) is 10.6. The molecule has 1 aromatic carbocycles. The summed E-state index contributed by atoms with van der Waals surface area (Å²) in [6.45, 7) is 0. The minimum absolute atomic E-state index is 0.0758. The van der Waals surface area contributed by atoms with E-state index >= 15 is 0 Å². The Bertz CT molecular complexity index is 370. The topological polar surface area (TPSA) is 37.3 Å². The first kappa shape index (κ1) is 9.53. The van der Waals surface area contributed by atoms with Crippen LogP contribution in [0.15, 0.2) is 18.2 Å². The second-order valence-electron chi connectivity index (χ2n) is 3.66. The summed E-state index contributed by atoms with van der Waals surface area (Å²) in [7, 11) is 0. The lowest BCUT2D eigenvalue weighted by atomic mass is 10.0. The molecule has 0 unspecified atom stereocenters. The van der Waals surface area contributed by atoms with E-state index in [1.54, 1.807) is 0 Å². The van der Waals surface area contributed by atoms with Crippen LogP contribution >= 0.6 is 11.6 Å². The molecule has 14 heavy (non-hydrogen) atoms. The zero-order valence-corrected chi connectivity index (χ0v) is 8.42. The van der Waals surface area contributed by atoms with Crippen LogP contribution in [0.1, 0.15) is 29.9 Å². The molecule has 1 aliphatic carbocycles. The van der Waals surface area contributed by atoms with Gasteiger partial charge in [-0.25, -0.2) is 0 Å². The number of rotatable bonds is 3. The van der Waals surface area contributed by atoms with Crippen molar-refractivity contribution in [1.82, 2.24) is 0 Å². The van der Waals surface area contributed by atoms with Gasteiger partial charge in [0, 0.05) is 5.02 Å². The van der Waals surface area contributed by atoms with E-state index in [9.17, 15) is 4.79 Å². The summed E-state index contributed by atoms with van der Waals surface area (Å²) < 4.78 is 0. The molecule has 0 spiro atoms. The average molecular weight is 211 g/mol. The molecule has 0 bridgehead atoms. The molecular weight excluding hydrogens is 200 g/mol. The third-order valence-electron chi connectivity index (χ3n) is 2.47. The second kappa shape index (κ2) is 3.62. The van der Waals surface area contributed by atoms with Gasteiger partial charge in [-0.2, -0.15) is 0 Å². The van der Waals surface area contributed by atoms with Crippen LogP contribution < -0.4 is 0 Å². The quantitative estimate of drug-likeness (QED) is 0.833. The first-order chi connectivity index (χ1) is 6.68. The van der Waals surface area contributed by atoms with Crippen LogP contribution in [0.3, 0.4) is 0 Å². The van der Waals surface area contributed by atoms with Crippen molar-refractivity contribution in [3.63, 3.8) is 0 Å². The Morgan fingerprint density at radius 2 is 2.21 bits per heavy atom. The van der Waals surface area contributed by atoms with Crippen molar-refractivity contribution < 1.29 is 9.90 Å². The predicted molar refractivity (Wildman–Crippen MR) is 54.8 cm³/mol. The number of aliphatic carboxylic acids is 1. The molecule has 0 heterocycles. The summed E-state index contributed by atoms with van der Waals surface area (Å²) in [5.74, 6) is -0.299. The highest BCUT2D eigenvalue weighted by atomic mass is 35.5. The fraction of sp³-hybridized carbons (Fsp3) is 0.364. The molecule has 1 aliphatic rings. The van der Waals surface area contributed by atoms with Gasteiger partial charge >= 0.3 is 5.97 Å². The fourth-order valence-corrected chi connectivity index (χ4v) is 2.08. The predicted octanol–water partition coefficient (Wildman–Crippen LogP) is 2.84. The Labute approximate surface area is 87.5 Å². The molecule has 0 aliphatic heterocycles. The average Bonchev–Trinajstić information content (AvgIpc) is 2.86. The lowest BCUT2D eigenvalue weighted by Crippen LogP contribution is -2.03. The molecule has 1 N–H and O–H groups in total. The third kappa shape index (κ3) is 1.90. The Kier molecular flexibility index (Phi) is 2.46. The van der Waals surface area contributed by atoms with E-state index in [0.717, 1.165) is 24.0 Å². The Morgan fingerprint density at radius 3 is 2.79 bits per heavy atom. The van der Waals surface area contributed by atoms with Crippen molar-refractivity contribution >= 4 is 17.6 Å². The summed E-state index contributed by atoms with van der Waals surface area (Å²) in [5.41, 5.74) is 1.92. The van der Waals surface area contributed by atoms with Crippen LogP contribution in [-0.2, 0) is 11.2 Å². The summed E-state index contributed by atoms with van der Waals surface area (Å²) >= 11 is 6.05. The lowest BCUT2D eigenvalue weighted by Gasteiger charge is -2.08. The van der Waals surface area contributed by atoms with Gasteiger partial charge in [-0.05, 0) is 36.0 Å². The molecule has 0 aromatic heterocycles. The smallest absolute Gasteiger partial charge is 0.307 e. The van der Waals surface area contributed by atoms with Crippen LogP contribution in [0.2, 0.25) is 5.02 Å². The Morgan fingerprint density at radius 1 is 1.50 bits per heavy atom. The van der Waals surface area contributed by atoms with E-state index in [1.807, 2.05) is 18.2 Å². The van der Waals surface area contributed by atoms with E-state index in [-0.39, 0.29) is 6.42 Å². The van der Waals surface area contributed by atoms with Gasteiger partial charge in [-0.3, -0.25) is 4.79 Å². The highest BCUT2D eigenvalue weighted by Gasteiger charge is 2.28. The molecule has 1 aromatic rings. The molecule has 0 saturated heterocycles. The van der Waals surface area contributed by atoms with Gasteiger partial charge in [0.15, 0.2) is 0 Å². The molecule has 2 nitrogen and oxygen atoms in total. The first-order valence-corrected chi connectivity index (χ1v) is 5.05. The van der Waals surface area contributed by atoms with Crippen LogP contribution in [0.25, 0.3) is 0 Å². The van der Waals surface area contributed by atoms with E-state index in [1.165, 1.54) is 0 Å². The molecular formula is C11H11ClO2. The van der Waals surface area contributed by atoms with E-state index in [0.29, 0.717) is 10.9 Å². The van der Waals surface area contributed by atoms with Crippen molar-refractivity contribution in [2.45, 2.75) is 25.2 Å². The van der Waals surface area contributed by atoms with Gasteiger partial charge in [0.05, 0.1) is 6.42 Å². The highest BCUT2D eigenvalue weighted by molar-refractivity contribution is 6.31. The SMILES string of the molecule is O=C(O)Cc1cccc(Cl)c1C1CC1. The van der Waals surface area contributed by atoms with Crippen LogP contribution in [0.5, 0.6) is 0 Å². The van der Waals surface area contributed by atoms with Gasteiger partial charge in [0.25, 0.3) is 0 Å². The van der Waals surface area contributed by atoms with Gasteiger partial charge in [-0.1, -0.05) is 23.7 Å². The summed E-state index contributed by atoms with van der Waals surface area (Å²) in [6.07, 6.45) is 2.35. The van der Waals surface area contributed by atoms with Crippen molar-refractivity contribution in [3.05, 3.63) is 34.3 Å². The van der Waals surface area contributed by atoms with Crippen molar-refractivity contribution in [2.24, 2.45) is 0 Å². The minimum Gasteiger partial charge on any atom is -0.481 e. The number of benzene rings is 1. The number of carboxylic acid groups (broad SMARTS) is 1. The maximum absolute atomic E-state index is 10.6. The third-order valence-corrected chi connectivity index (χ3v) is 2.80. The largest absolute Gasteiger partial charge is 0.481 e. The molecule has 3 heteroatoms. The number of carboxylic acids is 1. The van der Waals surface area contributed by atoms with Crippen LogP contribution in [0.4, 0.5) is 0 Å². The maximum Gasteiger partial charge on any atom is 0.307 e.